The molecule has 2 aromatic rings. The number of rotatable bonds is 7. The molecule has 0 saturated carbocycles. The van der Waals surface area contributed by atoms with Crippen molar-refractivity contribution in [3.8, 4) is 0 Å². The van der Waals surface area contributed by atoms with Gasteiger partial charge in [-0.2, -0.15) is 0 Å². The first kappa shape index (κ1) is 23.2. The van der Waals surface area contributed by atoms with Crippen molar-refractivity contribution >= 4 is 28.9 Å². The molecule has 166 valence electrons. The summed E-state index contributed by atoms with van der Waals surface area (Å²) in [4.78, 5) is 27.4. The molecule has 0 bridgehead atoms. The van der Waals surface area contributed by atoms with Crippen LogP contribution in [0.1, 0.15) is 43.7 Å². The molecule has 1 saturated heterocycles. The third-order valence-electron chi connectivity index (χ3n) is 5.72. The average Bonchev–Trinajstić information content (AvgIpc) is 2.73. The first-order chi connectivity index (χ1) is 14.8. The maximum Gasteiger partial charge on any atom is 0.269 e. The third-order valence-corrected chi connectivity index (χ3v) is 6.09. The number of nitro groups is 1. The Labute approximate surface area is 186 Å². The van der Waals surface area contributed by atoms with Gasteiger partial charge in [-0.15, -0.1) is 0 Å². The highest BCUT2D eigenvalue weighted by Gasteiger charge is 2.29. The fraction of sp³-hybridized carbons (Fsp3) is 0.435. The summed E-state index contributed by atoms with van der Waals surface area (Å²) in [6.07, 6.45) is 2.61. The molecule has 1 heterocycles. The number of benzene rings is 2. The van der Waals surface area contributed by atoms with E-state index < -0.39 is 4.92 Å². The van der Waals surface area contributed by atoms with Gasteiger partial charge in [-0.1, -0.05) is 24.6 Å². The summed E-state index contributed by atoms with van der Waals surface area (Å²) < 4.78 is 14.2. The summed E-state index contributed by atoms with van der Waals surface area (Å²) in [5.74, 6) is -0.310. The van der Waals surface area contributed by atoms with Gasteiger partial charge in [0, 0.05) is 54.9 Å². The quantitative estimate of drug-likeness (QED) is 0.415. The average molecular weight is 448 g/mol. The lowest BCUT2D eigenvalue weighted by atomic mass is 10.00. The molecule has 1 aliphatic heterocycles. The molecule has 2 aromatic carbocycles. The molecular formula is C23H27ClFN3O3. The van der Waals surface area contributed by atoms with Crippen LogP contribution >= 0.6 is 11.6 Å². The highest BCUT2D eigenvalue weighted by molar-refractivity contribution is 6.31. The standard InChI is InChI=1S/C23H27ClFN3O3/c1-3-4-23(29)27(19-6-5-16(2)22(25)14-19)18-9-11-26(12-10-18)15-17-13-20(28(30)31)7-8-21(17)24/h5-8,13-14,18H,3-4,9-12,15H2,1-2H3. The van der Waals surface area contributed by atoms with E-state index in [0.29, 0.717) is 47.9 Å². The van der Waals surface area contributed by atoms with E-state index in [0.717, 1.165) is 19.3 Å². The van der Waals surface area contributed by atoms with Gasteiger partial charge >= 0.3 is 0 Å². The Morgan fingerprint density at radius 1 is 1.26 bits per heavy atom. The number of aryl methyl sites for hydroxylation is 1. The normalized spacial score (nSPS) is 15.1. The zero-order chi connectivity index (χ0) is 22.5. The van der Waals surface area contributed by atoms with E-state index in [1.807, 2.05) is 6.92 Å². The Hall–Kier alpha value is -2.51. The molecule has 1 amide bonds. The first-order valence-corrected chi connectivity index (χ1v) is 10.9. The van der Waals surface area contributed by atoms with Crippen molar-refractivity contribution in [2.75, 3.05) is 18.0 Å². The van der Waals surface area contributed by atoms with E-state index in [2.05, 4.69) is 4.90 Å². The van der Waals surface area contributed by atoms with Crippen LogP contribution in [0.4, 0.5) is 15.8 Å². The number of anilines is 1. The number of piperidine rings is 1. The Morgan fingerprint density at radius 2 is 1.97 bits per heavy atom. The van der Waals surface area contributed by atoms with Gasteiger partial charge in [0.1, 0.15) is 5.82 Å². The number of nitrogens with zero attached hydrogens (tertiary/aromatic N) is 3. The Bertz CT molecular complexity index is 961. The minimum absolute atomic E-state index is 0.00549. The molecule has 1 aliphatic rings. The van der Waals surface area contributed by atoms with Crippen LogP contribution in [-0.4, -0.2) is 34.9 Å². The van der Waals surface area contributed by atoms with Crippen LogP contribution in [0.25, 0.3) is 0 Å². The second kappa shape index (κ2) is 10.2. The van der Waals surface area contributed by atoms with Crippen LogP contribution < -0.4 is 4.90 Å². The molecule has 3 rings (SSSR count). The molecule has 0 aromatic heterocycles. The van der Waals surface area contributed by atoms with Gasteiger partial charge in [0.15, 0.2) is 0 Å². The van der Waals surface area contributed by atoms with Gasteiger partial charge in [0.25, 0.3) is 5.69 Å². The van der Waals surface area contributed by atoms with E-state index in [4.69, 9.17) is 11.6 Å². The summed E-state index contributed by atoms with van der Waals surface area (Å²) in [5.41, 5.74) is 1.89. The lowest BCUT2D eigenvalue weighted by Crippen LogP contribution is -2.47. The van der Waals surface area contributed by atoms with Crippen molar-refractivity contribution in [2.45, 2.75) is 52.1 Å². The summed E-state index contributed by atoms with van der Waals surface area (Å²) >= 11 is 6.25. The van der Waals surface area contributed by atoms with Crippen LogP contribution in [0.2, 0.25) is 5.02 Å². The molecule has 8 heteroatoms. The largest absolute Gasteiger partial charge is 0.309 e. The summed E-state index contributed by atoms with van der Waals surface area (Å²) in [6.45, 7) is 5.60. The number of carbonyl (C=O) groups is 1. The monoisotopic (exact) mass is 447 g/mol. The zero-order valence-corrected chi connectivity index (χ0v) is 18.6. The number of hydrogen-bond acceptors (Lipinski definition) is 4. The summed E-state index contributed by atoms with van der Waals surface area (Å²) in [5, 5.41) is 11.6. The third kappa shape index (κ3) is 5.60. The van der Waals surface area contributed by atoms with Crippen LogP contribution in [0.5, 0.6) is 0 Å². The van der Waals surface area contributed by atoms with Gasteiger partial charge in [0.05, 0.1) is 4.92 Å². The molecule has 0 unspecified atom stereocenters. The summed E-state index contributed by atoms with van der Waals surface area (Å²) in [7, 11) is 0. The Morgan fingerprint density at radius 3 is 2.58 bits per heavy atom. The number of hydrogen-bond donors (Lipinski definition) is 0. The maximum absolute atomic E-state index is 14.2. The molecule has 1 fully saturated rings. The number of amides is 1. The lowest BCUT2D eigenvalue weighted by molar-refractivity contribution is -0.384. The van der Waals surface area contributed by atoms with Gasteiger partial charge < -0.3 is 4.90 Å². The minimum atomic E-state index is -0.427. The molecule has 0 atom stereocenters. The van der Waals surface area contributed by atoms with Gasteiger partial charge in [-0.05, 0) is 55.5 Å². The molecule has 0 spiro atoms. The van der Waals surface area contributed by atoms with E-state index in [9.17, 15) is 19.3 Å². The SMILES string of the molecule is CCCC(=O)N(c1ccc(C)c(F)c1)C1CCN(Cc2cc([N+](=O)[O-])ccc2Cl)CC1. The van der Waals surface area contributed by atoms with Crippen molar-refractivity contribution in [1.82, 2.24) is 4.90 Å². The van der Waals surface area contributed by atoms with Gasteiger partial charge in [0.2, 0.25) is 5.91 Å². The Balaban J connectivity index is 1.72. The van der Waals surface area contributed by atoms with Crippen LogP contribution in [0, 0.1) is 22.9 Å². The second-order valence-electron chi connectivity index (χ2n) is 7.99. The number of nitro benzene ring substituents is 1. The molecular weight excluding hydrogens is 421 g/mol. The summed E-state index contributed by atoms with van der Waals surface area (Å²) in [6, 6.07) is 9.41. The predicted octanol–water partition coefficient (Wildman–Crippen LogP) is 5.49. The smallest absolute Gasteiger partial charge is 0.269 e. The molecule has 0 N–H and O–H groups in total. The van der Waals surface area contributed by atoms with Crippen LogP contribution in [-0.2, 0) is 11.3 Å². The molecule has 31 heavy (non-hydrogen) atoms. The minimum Gasteiger partial charge on any atom is -0.309 e. The highest BCUT2D eigenvalue weighted by atomic mass is 35.5. The fourth-order valence-corrected chi connectivity index (χ4v) is 4.17. The maximum atomic E-state index is 14.2. The number of halogens is 2. The molecule has 0 aliphatic carbocycles. The van der Waals surface area contributed by atoms with Crippen molar-refractivity contribution in [2.24, 2.45) is 0 Å². The molecule has 6 nitrogen and oxygen atoms in total. The van der Waals surface area contributed by atoms with Crippen molar-refractivity contribution < 1.29 is 14.1 Å². The molecule has 0 radical (unpaired) electrons. The topological polar surface area (TPSA) is 66.7 Å². The van der Waals surface area contributed by atoms with E-state index in [1.54, 1.807) is 30.0 Å². The van der Waals surface area contributed by atoms with E-state index in [-0.39, 0.29) is 23.5 Å². The van der Waals surface area contributed by atoms with Gasteiger partial charge in [-0.25, -0.2) is 4.39 Å². The second-order valence-corrected chi connectivity index (χ2v) is 8.39. The zero-order valence-electron chi connectivity index (χ0n) is 17.8. The Kier molecular flexibility index (Phi) is 7.62. The van der Waals surface area contributed by atoms with Crippen molar-refractivity contribution in [1.29, 1.82) is 0 Å². The van der Waals surface area contributed by atoms with E-state index >= 15 is 0 Å². The van der Waals surface area contributed by atoms with Crippen molar-refractivity contribution in [3.05, 3.63) is 68.5 Å². The van der Waals surface area contributed by atoms with Crippen LogP contribution in [0.3, 0.4) is 0 Å². The van der Waals surface area contributed by atoms with Crippen molar-refractivity contribution in [3.63, 3.8) is 0 Å². The lowest BCUT2D eigenvalue weighted by Gasteiger charge is -2.39. The predicted molar refractivity (Wildman–Crippen MR) is 120 cm³/mol. The number of non-ortho nitro benzene ring substituents is 1. The van der Waals surface area contributed by atoms with Gasteiger partial charge in [-0.3, -0.25) is 19.8 Å². The number of carbonyl (C=O) groups excluding carboxylic acids is 1. The fourth-order valence-electron chi connectivity index (χ4n) is 4.00. The van der Waals surface area contributed by atoms with E-state index in [1.165, 1.54) is 18.2 Å². The van der Waals surface area contributed by atoms with Crippen LogP contribution in [0.15, 0.2) is 36.4 Å². The highest BCUT2D eigenvalue weighted by Crippen LogP contribution is 2.29. The first-order valence-electron chi connectivity index (χ1n) is 10.5. The number of likely N-dealkylation sites (tertiary alicyclic amines) is 1.